The van der Waals surface area contributed by atoms with Crippen molar-refractivity contribution in [2.75, 3.05) is 0 Å². The van der Waals surface area contributed by atoms with Crippen LogP contribution in [0.4, 0.5) is 0 Å². The maximum Gasteiger partial charge on any atom is 0.137 e. The molecule has 2 aromatic heterocycles. The molecule has 0 aliphatic heterocycles. The lowest BCUT2D eigenvalue weighted by atomic mass is 9.99. The van der Waals surface area contributed by atoms with Crippen molar-refractivity contribution in [1.29, 1.82) is 5.26 Å². The van der Waals surface area contributed by atoms with E-state index in [1.807, 2.05) is 30.0 Å². The van der Waals surface area contributed by atoms with Crippen molar-refractivity contribution in [1.82, 2.24) is 9.55 Å². The summed E-state index contributed by atoms with van der Waals surface area (Å²) < 4.78 is 1.90. The van der Waals surface area contributed by atoms with Crippen molar-refractivity contribution < 1.29 is 0 Å². The minimum absolute atomic E-state index is 0.423. The van der Waals surface area contributed by atoms with Gasteiger partial charge in [0, 0.05) is 24.2 Å². The molecule has 0 N–H and O–H groups in total. The Morgan fingerprint density at radius 3 is 2.57 bits per heavy atom. The summed E-state index contributed by atoms with van der Waals surface area (Å²) in [4.78, 5) is 4.50. The molecule has 28 heavy (non-hydrogen) atoms. The van der Waals surface area contributed by atoms with Crippen LogP contribution in [0.25, 0.3) is 22.5 Å². The summed E-state index contributed by atoms with van der Waals surface area (Å²) in [6.07, 6.45) is 12.5. The second-order valence-corrected chi connectivity index (χ2v) is 7.38. The molecular formula is C25H23N3. The SMILES string of the molecule is C#Cc1cn(-c2cc(C(=C)C#N)c(C)cn2)cc1-c1ccc(CC(C)C)cc1. The van der Waals surface area contributed by atoms with Crippen LogP contribution >= 0.6 is 0 Å². The van der Waals surface area contributed by atoms with Gasteiger partial charge in [-0.2, -0.15) is 5.26 Å². The molecule has 3 heteroatoms. The average Bonchev–Trinajstić information content (AvgIpc) is 3.12. The molecule has 0 radical (unpaired) electrons. The molecule has 0 saturated heterocycles. The molecule has 3 rings (SSSR count). The van der Waals surface area contributed by atoms with Crippen molar-refractivity contribution in [3.63, 3.8) is 0 Å². The highest BCUT2D eigenvalue weighted by atomic mass is 15.0. The fourth-order valence-corrected chi connectivity index (χ4v) is 3.26. The number of aromatic nitrogens is 2. The van der Waals surface area contributed by atoms with E-state index in [1.165, 1.54) is 5.56 Å². The number of hydrogen-bond donors (Lipinski definition) is 0. The van der Waals surface area contributed by atoms with Crippen LogP contribution in [0.3, 0.4) is 0 Å². The van der Waals surface area contributed by atoms with E-state index in [4.69, 9.17) is 6.42 Å². The smallest absolute Gasteiger partial charge is 0.137 e. The van der Waals surface area contributed by atoms with Gasteiger partial charge < -0.3 is 4.57 Å². The number of pyridine rings is 1. The fraction of sp³-hybridized carbons (Fsp3) is 0.200. The number of nitrogens with zero attached hydrogens (tertiary/aromatic N) is 3. The molecule has 0 bridgehead atoms. The zero-order chi connectivity index (χ0) is 20.3. The molecule has 3 aromatic rings. The van der Waals surface area contributed by atoms with Crippen LogP contribution in [0.5, 0.6) is 0 Å². The van der Waals surface area contributed by atoms with Gasteiger partial charge >= 0.3 is 0 Å². The van der Waals surface area contributed by atoms with Gasteiger partial charge in [0.15, 0.2) is 0 Å². The lowest BCUT2D eigenvalue weighted by Gasteiger charge is -2.07. The molecule has 0 atom stereocenters. The zero-order valence-electron chi connectivity index (χ0n) is 16.5. The molecule has 138 valence electrons. The lowest BCUT2D eigenvalue weighted by molar-refractivity contribution is 0.647. The van der Waals surface area contributed by atoms with E-state index in [0.29, 0.717) is 17.3 Å². The normalized spacial score (nSPS) is 10.5. The Hall–Kier alpha value is -3.56. The van der Waals surface area contributed by atoms with Crippen molar-refractivity contribution >= 4 is 5.57 Å². The zero-order valence-corrected chi connectivity index (χ0v) is 16.5. The highest BCUT2D eigenvalue weighted by molar-refractivity contribution is 5.77. The minimum atomic E-state index is 0.423. The summed E-state index contributed by atoms with van der Waals surface area (Å²) in [5.74, 6) is 4.10. The highest BCUT2D eigenvalue weighted by Gasteiger charge is 2.12. The number of nitriles is 1. The third-order valence-corrected chi connectivity index (χ3v) is 4.70. The monoisotopic (exact) mass is 365 g/mol. The van der Waals surface area contributed by atoms with Gasteiger partial charge in [0.1, 0.15) is 5.82 Å². The Labute approximate surface area is 167 Å². The Morgan fingerprint density at radius 1 is 1.25 bits per heavy atom. The third kappa shape index (κ3) is 3.90. The molecule has 0 aliphatic rings. The largest absolute Gasteiger partial charge is 0.307 e. The molecule has 1 aromatic carbocycles. The molecular weight excluding hydrogens is 342 g/mol. The first-order chi connectivity index (χ1) is 13.4. The molecule has 0 aliphatic carbocycles. The van der Waals surface area contributed by atoms with E-state index < -0.39 is 0 Å². The van der Waals surface area contributed by atoms with Crippen molar-refractivity contribution in [3.8, 4) is 35.4 Å². The lowest BCUT2D eigenvalue weighted by Crippen LogP contribution is -1.97. The van der Waals surface area contributed by atoms with E-state index in [2.05, 4.69) is 61.7 Å². The Bertz CT molecular complexity index is 1100. The maximum atomic E-state index is 9.18. The van der Waals surface area contributed by atoms with Crippen LogP contribution < -0.4 is 0 Å². The van der Waals surface area contributed by atoms with Gasteiger partial charge in [-0.25, -0.2) is 4.98 Å². The number of rotatable bonds is 5. The minimum Gasteiger partial charge on any atom is -0.307 e. The van der Waals surface area contributed by atoms with Gasteiger partial charge in [0.2, 0.25) is 0 Å². The van der Waals surface area contributed by atoms with Crippen molar-refractivity contribution in [3.05, 3.63) is 77.8 Å². The summed E-state index contributed by atoms with van der Waals surface area (Å²) >= 11 is 0. The van der Waals surface area contributed by atoms with E-state index >= 15 is 0 Å². The maximum absolute atomic E-state index is 9.18. The Balaban J connectivity index is 2.01. The summed E-state index contributed by atoms with van der Waals surface area (Å²) in [5, 5.41) is 9.18. The van der Waals surface area contributed by atoms with E-state index in [1.54, 1.807) is 6.20 Å². The second kappa shape index (κ2) is 7.99. The topological polar surface area (TPSA) is 41.6 Å². The molecule has 2 heterocycles. The first-order valence-corrected chi connectivity index (χ1v) is 9.27. The summed E-state index contributed by atoms with van der Waals surface area (Å²) in [6, 6.07) is 12.5. The van der Waals surface area contributed by atoms with Crippen LogP contribution in [0.1, 0.15) is 36.1 Å². The third-order valence-electron chi connectivity index (χ3n) is 4.70. The molecule has 0 spiro atoms. The first-order valence-electron chi connectivity index (χ1n) is 9.27. The molecule has 3 nitrogen and oxygen atoms in total. The predicted molar refractivity (Wildman–Crippen MR) is 115 cm³/mol. The molecule has 0 amide bonds. The van der Waals surface area contributed by atoms with Crippen molar-refractivity contribution in [2.24, 2.45) is 5.92 Å². The molecule has 0 unspecified atom stereocenters. The van der Waals surface area contributed by atoms with E-state index in [-0.39, 0.29) is 0 Å². The predicted octanol–water partition coefficient (Wildman–Crippen LogP) is 5.56. The quantitative estimate of drug-likeness (QED) is 0.438. The van der Waals surface area contributed by atoms with Gasteiger partial charge in [0.25, 0.3) is 0 Å². The summed E-state index contributed by atoms with van der Waals surface area (Å²) in [5.41, 5.74) is 6.32. The Morgan fingerprint density at radius 2 is 1.96 bits per heavy atom. The Kier molecular flexibility index (Phi) is 5.48. The summed E-state index contributed by atoms with van der Waals surface area (Å²) in [6.45, 7) is 10.2. The summed E-state index contributed by atoms with van der Waals surface area (Å²) in [7, 11) is 0. The van der Waals surface area contributed by atoms with Crippen LogP contribution in [-0.4, -0.2) is 9.55 Å². The standard InChI is InChI=1S/C25H23N3/c1-6-21-15-28(25-12-23(18(4)13-26)19(5)14-27-25)16-24(21)22-9-7-20(8-10-22)11-17(2)3/h1,7-10,12,14-17H,4,11H2,2-3,5H3. The van der Waals surface area contributed by atoms with E-state index in [0.717, 1.165) is 34.2 Å². The van der Waals surface area contributed by atoms with Crippen LogP contribution in [-0.2, 0) is 6.42 Å². The number of benzene rings is 1. The van der Waals surface area contributed by atoms with Crippen LogP contribution in [0, 0.1) is 36.5 Å². The number of allylic oxidation sites excluding steroid dienone is 1. The van der Waals surface area contributed by atoms with Gasteiger partial charge in [0.05, 0.1) is 17.2 Å². The van der Waals surface area contributed by atoms with Gasteiger partial charge in [-0.3, -0.25) is 0 Å². The van der Waals surface area contributed by atoms with Crippen LogP contribution in [0.15, 0.2) is 55.5 Å². The number of aryl methyl sites for hydroxylation is 1. The molecule has 0 saturated carbocycles. The second-order valence-electron chi connectivity index (χ2n) is 7.38. The van der Waals surface area contributed by atoms with Crippen molar-refractivity contribution in [2.45, 2.75) is 27.2 Å². The fourth-order valence-electron chi connectivity index (χ4n) is 3.26. The highest BCUT2D eigenvalue weighted by Crippen LogP contribution is 2.27. The molecule has 0 fully saturated rings. The number of terminal acetylenes is 1. The van der Waals surface area contributed by atoms with Gasteiger partial charge in [-0.1, -0.05) is 50.6 Å². The number of hydrogen-bond acceptors (Lipinski definition) is 2. The first kappa shape index (κ1) is 19.2. The average molecular weight is 365 g/mol. The van der Waals surface area contributed by atoms with Gasteiger partial charge in [-0.05, 0) is 47.6 Å². The van der Waals surface area contributed by atoms with Gasteiger partial charge in [-0.15, -0.1) is 6.42 Å². The van der Waals surface area contributed by atoms with Crippen LogP contribution in [0.2, 0.25) is 0 Å². The van der Waals surface area contributed by atoms with E-state index in [9.17, 15) is 5.26 Å².